The fraction of sp³-hybridized carbons (Fsp3) is 0.429. The van der Waals surface area contributed by atoms with Crippen molar-refractivity contribution < 1.29 is 13.3 Å². The molecular weight excluding hydrogens is 831 g/mol. The fourth-order valence-electron chi connectivity index (χ4n) is 2.21. The Morgan fingerprint density at radius 1 is 0.550 bits per heavy atom. The summed E-state index contributed by atoms with van der Waals surface area (Å²) in [4.78, 5) is 0. The first kappa shape index (κ1) is 47.0. The van der Waals surface area contributed by atoms with Crippen molar-refractivity contribution in [1.82, 2.24) is 0 Å². The highest BCUT2D eigenvalue weighted by Gasteiger charge is 2.42. The van der Waals surface area contributed by atoms with E-state index in [1.807, 2.05) is 94.5 Å². The maximum atomic E-state index is 5.79. The first-order chi connectivity index (χ1) is 18.1. The molecule has 2 aromatic rings. The van der Waals surface area contributed by atoms with E-state index in [9.17, 15) is 0 Å². The van der Waals surface area contributed by atoms with E-state index in [4.69, 9.17) is 135 Å². The molecule has 0 amide bonds. The van der Waals surface area contributed by atoms with E-state index in [0.717, 1.165) is 10.4 Å². The minimum Gasteiger partial charge on any atom is -0.370 e. The highest BCUT2D eigenvalue weighted by atomic mass is 35.9. The molecule has 3 nitrogen and oxygen atoms in total. The Balaban J connectivity index is -0.000000485. The zero-order chi connectivity index (χ0) is 32.0. The van der Waals surface area contributed by atoms with Gasteiger partial charge in [0.2, 0.25) is 6.69 Å². The number of benzene rings is 2. The standard InChI is InChI=1S/C12H20O3Si.C6H5Cl3Si.C2H6Cl2Si.CH3Cl3Si.Cl3HSi/c1-4-13-16(14-5-2,15-6-3)12-10-8-7-9-11-12;7-10(8,9)6-4-2-1-3-5-6;2*1-5(2,3)4;1-4(2)3/h7-11H,4-6H2,1-3H3;1-5H;1-2H3;1H3;4H. The topological polar surface area (TPSA) is 27.7 Å². The lowest BCUT2D eigenvalue weighted by molar-refractivity contribution is 0.0859. The Kier molecular flexibility index (Phi) is 30.3. The predicted octanol–water partition coefficient (Wildman–Crippen LogP) is 10.3. The van der Waals surface area contributed by atoms with Crippen molar-refractivity contribution in [2.75, 3.05) is 19.8 Å². The lowest BCUT2D eigenvalue weighted by Crippen LogP contribution is -2.56. The van der Waals surface area contributed by atoms with Crippen molar-refractivity contribution >= 4 is 166 Å². The summed E-state index contributed by atoms with van der Waals surface area (Å²) in [5, 5.41) is 1.86. The van der Waals surface area contributed by atoms with Gasteiger partial charge in [-0.1, -0.05) is 60.7 Å². The third kappa shape index (κ3) is 35.1. The van der Waals surface area contributed by atoms with Crippen LogP contribution in [0, 0.1) is 0 Å². The summed E-state index contributed by atoms with van der Waals surface area (Å²) in [6.45, 7) is 9.63. The van der Waals surface area contributed by atoms with Crippen LogP contribution < -0.4 is 10.4 Å². The molecule has 0 saturated carbocycles. The highest BCUT2D eigenvalue weighted by molar-refractivity contribution is 7.69. The van der Waals surface area contributed by atoms with Gasteiger partial charge in [0.05, 0.1) is 0 Å². The van der Waals surface area contributed by atoms with Gasteiger partial charge in [0.1, 0.15) is 0 Å². The molecule has 19 heteroatoms. The third-order valence-corrected chi connectivity index (χ3v) is 9.23. The van der Waals surface area contributed by atoms with Crippen LogP contribution in [0.4, 0.5) is 0 Å². The van der Waals surface area contributed by atoms with Crippen LogP contribution >= 0.6 is 122 Å². The molecule has 2 rings (SSSR count). The summed E-state index contributed by atoms with van der Waals surface area (Å²) < 4.78 is 17.4. The Labute approximate surface area is 297 Å². The number of hydrogen-bond acceptors (Lipinski definition) is 3. The van der Waals surface area contributed by atoms with Crippen LogP contribution in [0.25, 0.3) is 0 Å². The third-order valence-electron chi connectivity index (χ3n) is 3.23. The smallest absolute Gasteiger partial charge is 0.370 e. The van der Waals surface area contributed by atoms with Crippen molar-refractivity contribution in [1.29, 1.82) is 0 Å². The van der Waals surface area contributed by atoms with Gasteiger partial charge in [0.15, 0.2) is 0 Å². The summed E-state index contributed by atoms with van der Waals surface area (Å²) in [6, 6.07) is 14.4. The molecule has 0 saturated heterocycles. The maximum Gasteiger partial charge on any atom is 0.537 e. The van der Waals surface area contributed by atoms with Crippen LogP contribution in [0.1, 0.15) is 20.8 Å². The summed E-state index contributed by atoms with van der Waals surface area (Å²) in [6.07, 6.45) is 0. The van der Waals surface area contributed by atoms with Gasteiger partial charge in [-0.05, 0) is 45.6 Å². The minimum absolute atomic E-state index is 0.598. The van der Waals surface area contributed by atoms with Crippen molar-refractivity contribution in [3.05, 3.63) is 60.7 Å². The molecule has 0 radical (unpaired) electrons. The molecule has 0 aliphatic rings. The Morgan fingerprint density at radius 2 is 0.775 bits per heavy atom. The van der Waals surface area contributed by atoms with Gasteiger partial charge in [-0.15, -0.1) is 122 Å². The second-order valence-corrected chi connectivity index (χ2v) is 43.9. The molecule has 2 aromatic carbocycles. The molecule has 0 aliphatic heterocycles. The van der Waals surface area contributed by atoms with E-state index in [-0.39, 0.29) is 0 Å². The van der Waals surface area contributed by atoms with E-state index in [1.165, 1.54) is 0 Å². The zero-order valence-electron chi connectivity index (χ0n) is 22.9. The molecule has 0 spiro atoms. The molecular formula is C21H35Cl11O3Si5. The second kappa shape index (κ2) is 25.7. The van der Waals surface area contributed by atoms with Gasteiger partial charge in [-0.2, -0.15) is 0 Å². The first-order valence-electron chi connectivity index (χ1n) is 11.6. The Morgan fingerprint density at radius 3 is 0.950 bits per heavy atom. The van der Waals surface area contributed by atoms with E-state index in [0.29, 0.717) is 19.8 Å². The molecule has 0 atom stereocenters. The van der Waals surface area contributed by atoms with Crippen LogP contribution in [0.5, 0.6) is 0 Å². The van der Waals surface area contributed by atoms with Crippen LogP contribution in [-0.4, -0.2) is 54.1 Å². The van der Waals surface area contributed by atoms with E-state index in [1.54, 1.807) is 6.55 Å². The van der Waals surface area contributed by atoms with Gasteiger partial charge >= 0.3 is 27.5 Å². The van der Waals surface area contributed by atoms with Crippen molar-refractivity contribution in [2.24, 2.45) is 0 Å². The van der Waals surface area contributed by atoms with Gasteiger partial charge in [-0.3, -0.25) is 0 Å². The number of rotatable bonds is 8. The Hall–Kier alpha value is 2.59. The molecule has 40 heavy (non-hydrogen) atoms. The Bertz CT molecular complexity index is 798. The first-order valence-corrected chi connectivity index (χ1v) is 34.1. The van der Waals surface area contributed by atoms with Gasteiger partial charge in [-0.25, -0.2) is 0 Å². The van der Waals surface area contributed by atoms with Crippen molar-refractivity contribution in [3.8, 4) is 0 Å². The van der Waals surface area contributed by atoms with Crippen LogP contribution in [0.3, 0.4) is 0 Å². The monoisotopic (exact) mass is 860 g/mol. The van der Waals surface area contributed by atoms with E-state index < -0.39 is 34.2 Å². The molecule has 0 aliphatic carbocycles. The number of halogens is 11. The largest absolute Gasteiger partial charge is 0.537 e. The van der Waals surface area contributed by atoms with Gasteiger partial charge < -0.3 is 13.3 Å². The minimum atomic E-state index is -2.67. The maximum absolute atomic E-state index is 5.79. The van der Waals surface area contributed by atoms with Crippen LogP contribution in [0.15, 0.2) is 60.7 Å². The molecule has 0 N–H and O–H groups in total. The summed E-state index contributed by atoms with van der Waals surface area (Å²) in [5.41, 5.74) is 0. The summed E-state index contributed by atoms with van der Waals surface area (Å²) in [7, 11) is -2.67. The van der Waals surface area contributed by atoms with Gasteiger partial charge in [0, 0.05) is 25.0 Å². The molecule has 0 heterocycles. The average Bonchev–Trinajstić information content (AvgIpc) is 2.78. The highest BCUT2D eigenvalue weighted by Crippen LogP contribution is 2.19. The van der Waals surface area contributed by atoms with E-state index in [2.05, 4.69) is 0 Å². The van der Waals surface area contributed by atoms with Gasteiger partial charge in [0.25, 0.3) is 0 Å². The quantitative estimate of drug-likeness (QED) is 0.196. The SMILES string of the molecule is CCO[Si](OCC)(OCC)c1ccccc1.C[Si](C)(Cl)Cl.C[Si](Cl)(Cl)Cl.Cl[SiH](Cl)Cl.Cl[Si](Cl)(Cl)c1ccccc1. The second-order valence-electron chi connectivity index (χ2n) is 7.44. The molecule has 0 unspecified atom stereocenters. The zero-order valence-corrected chi connectivity index (χ0v) is 36.3. The lowest BCUT2D eigenvalue weighted by atomic mass is 10.4. The molecule has 234 valence electrons. The predicted molar refractivity (Wildman–Crippen MR) is 199 cm³/mol. The lowest BCUT2D eigenvalue weighted by Gasteiger charge is -2.28. The average molecular weight is 866 g/mol. The summed E-state index contributed by atoms with van der Waals surface area (Å²) in [5.74, 6) is 0. The molecule has 0 fully saturated rings. The van der Waals surface area contributed by atoms with Crippen LogP contribution in [-0.2, 0) is 13.3 Å². The van der Waals surface area contributed by atoms with Crippen molar-refractivity contribution in [2.45, 2.75) is 40.4 Å². The fourth-order valence-corrected chi connectivity index (χ4v) is 6.41. The van der Waals surface area contributed by atoms with Crippen molar-refractivity contribution in [3.63, 3.8) is 0 Å². The van der Waals surface area contributed by atoms with Crippen LogP contribution in [0.2, 0.25) is 19.6 Å². The van der Waals surface area contributed by atoms with E-state index >= 15 is 0 Å². The summed E-state index contributed by atoms with van der Waals surface area (Å²) >= 11 is 58.5. The normalized spacial score (nSPS) is 11.4. The molecule has 0 aromatic heterocycles. The number of hydrogen-bond donors (Lipinski definition) is 0. The molecule has 0 bridgehead atoms.